The number of halogens is 1. The maximum atomic E-state index is 11.6. The number of hydrogen-bond acceptors (Lipinski definition) is 3. The van der Waals surface area contributed by atoms with Crippen LogP contribution >= 0.6 is 24.0 Å². The lowest BCUT2D eigenvalue weighted by atomic mass is 9.57. The second kappa shape index (κ2) is 7.13. The molecule has 2 N–H and O–H groups in total. The molecule has 2 fully saturated rings. The summed E-state index contributed by atoms with van der Waals surface area (Å²) < 4.78 is 5.78. The zero-order valence-electron chi connectivity index (χ0n) is 13.5. The van der Waals surface area contributed by atoms with Crippen LogP contribution in [0.25, 0.3) is 0 Å². The first-order chi connectivity index (χ1) is 9.37. The van der Waals surface area contributed by atoms with E-state index in [-0.39, 0.29) is 41.8 Å². The summed E-state index contributed by atoms with van der Waals surface area (Å²) in [5.41, 5.74) is 0.102. The van der Waals surface area contributed by atoms with E-state index in [9.17, 15) is 4.79 Å². The number of carbonyl (C=O) groups is 1. The predicted molar refractivity (Wildman–Crippen MR) is 94.0 cm³/mol. The van der Waals surface area contributed by atoms with Crippen LogP contribution in [0.4, 0.5) is 0 Å². The van der Waals surface area contributed by atoms with Gasteiger partial charge in [0.05, 0.1) is 12.6 Å². The molecule has 1 aliphatic heterocycles. The average molecular weight is 410 g/mol. The molecule has 0 bridgehead atoms. The first-order valence-electron chi connectivity index (χ1n) is 7.17. The van der Waals surface area contributed by atoms with E-state index in [1.165, 1.54) is 0 Å². The molecule has 0 spiro atoms. The van der Waals surface area contributed by atoms with Crippen LogP contribution in [-0.2, 0) is 9.53 Å². The zero-order chi connectivity index (χ0) is 14.9. The second-order valence-electron chi connectivity index (χ2n) is 6.40. The summed E-state index contributed by atoms with van der Waals surface area (Å²) in [6, 6.07) is 0.343. The Morgan fingerprint density at radius 2 is 2.10 bits per heavy atom. The highest BCUT2D eigenvalue weighted by Gasteiger charge is 2.59. The summed E-state index contributed by atoms with van der Waals surface area (Å²) in [6.45, 7) is 5.54. The zero-order valence-corrected chi connectivity index (χ0v) is 15.8. The van der Waals surface area contributed by atoms with Gasteiger partial charge < -0.3 is 20.3 Å². The number of likely N-dealkylation sites (N-methyl/N-ethyl adjacent to an activating group) is 1. The fraction of sp³-hybridized carbons (Fsp3) is 0.857. The maximum absolute atomic E-state index is 11.6. The number of aliphatic imine (C=N–C) groups is 1. The van der Waals surface area contributed by atoms with E-state index in [0.717, 1.165) is 13.0 Å². The van der Waals surface area contributed by atoms with Gasteiger partial charge in [0.25, 0.3) is 0 Å². The fourth-order valence-electron chi connectivity index (χ4n) is 3.28. The number of fused-ring (bicyclic) bond motifs is 1. The topological polar surface area (TPSA) is 66.0 Å². The molecule has 0 radical (unpaired) electrons. The highest BCUT2D eigenvalue weighted by atomic mass is 127. The van der Waals surface area contributed by atoms with Gasteiger partial charge in [0.2, 0.25) is 5.91 Å². The van der Waals surface area contributed by atoms with Gasteiger partial charge in [-0.1, -0.05) is 13.8 Å². The van der Waals surface area contributed by atoms with Crippen molar-refractivity contribution in [3.05, 3.63) is 0 Å². The van der Waals surface area contributed by atoms with Gasteiger partial charge in [-0.3, -0.25) is 9.79 Å². The van der Waals surface area contributed by atoms with Gasteiger partial charge in [0.15, 0.2) is 5.96 Å². The molecule has 0 aromatic carbocycles. The Hall–Kier alpha value is -0.570. The van der Waals surface area contributed by atoms with Crippen molar-refractivity contribution in [2.24, 2.45) is 16.3 Å². The summed E-state index contributed by atoms with van der Waals surface area (Å²) in [5, 5.41) is 6.52. The quantitative estimate of drug-likeness (QED) is 0.408. The van der Waals surface area contributed by atoms with Crippen LogP contribution < -0.4 is 10.6 Å². The number of amides is 1. The van der Waals surface area contributed by atoms with E-state index in [2.05, 4.69) is 29.5 Å². The molecule has 3 atom stereocenters. The highest BCUT2D eigenvalue weighted by molar-refractivity contribution is 14.0. The van der Waals surface area contributed by atoms with Crippen LogP contribution in [0.15, 0.2) is 4.99 Å². The largest absolute Gasteiger partial charge is 0.377 e. The van der Waals surface area contributed by atoms with Crippen molar-refractivity contribution in [1.29, 1.82) is 0 Å². The number of hydrogen-bond donors (Lipinski definition) is 2. The van der Waals surface area contributed by atoms with Crippen LogP contribution in [0.3, 0.4) is 0 Å². The van der Waals surface area contributed by atoms with E-state index >= 15 is 0 Å². The van der Waals surface area contributed by atoms with Crippen molar-refractivity contribution in [3.63, 3.8) is 0 Å². The molecule has 6 nitrogen and oxygen atoms in total. The summed E-state index contributed by atoms with van der Waals surface area (Å²) in [4.78, 5) is 17.4. The van der Waals surface area contributed by atoms with Crippen LogP contribution in [-0.4, -0.2) is 63.2 Å². The number of ether oxygens (including phenoxy) is 1. The molecule has 1 aliphatic carbocycles. The maximum Gasteiger partial charge on any atom is 0.241 e. The molecular formula is C14H27IN4O2. The van der Waals surface area contributed by atoms with E-state index in [1.54, 1.807) is 26.0 Å². The molecule has 1 amide bonds. The van der Waals surface area contributed by atoms with Crippen LogP contribution in [0.5, 0.6) is 0 Å². The van der Waals surface area contributed by atoms with Crippen molar-refractivity contribution in [2.45, 2.75) is 32.4 Å². The Morgan fingerprint density at radius 3 is 2.67 bits per heavy atom. The summed E-state index contributed by atoms with van der Waals surface area (Å²) in [5.74, 6) is 1.26. The van der Waals surface area contributed by atoms with Gasteiger partial charge in [-0.2, -0.15) is 0 Å². The molecular weight excluding hydrogens is 383 g/mol. The number of carbonyl (C=O) groups excluding carboxylic acids is 1. The number of rotatable bonds is 3. The first kappa shape index (κ1) is 18.5. The molecule has 1 heterocycles. The molecule has 0 aromatic rings. The molecule has 3 unspecified atom stereocenters. The van der Waals surface area contributed by atoms with Crippen molar-refractivity contribution >= 4 is 35.8 Å². The molecule has 122 valence electrons. The van der Waals surface area contributed by atoms with Gasteiger partial charge in [-0.05, 0) is 6.42 Å². The molecule has 2 rings (SSSR count). The van der Waals surface area contributed by atoms with Crippen LogP contribution in [0, 0.1) is 11.3 Å². The standard InChI is InChI=1S/C14H26N4O2.HI/c1-14(2)11(9-6-7-20-12(9)14)17-13(15-3)16-8-10(19)18(4)5;/h9,11-12H,6-8H2,1-5H3,(H2,15,16,17);1H. The van der Waals surface area contributed by atoms with Crippen molar-refractivity contribution in [2.75, 3.05) is 34.3 Å². The average Bonchev–Trinajstić information content (AvgIpc) is 2.85. The van der Waals surface area contributed by atoms with Crippen molar-refractivity contribution < 1.29 is 9.53 Å². The second-order valence-corrected chi connectivity index (χ2v) is 6.40. The van der Waals surface area contributed by atoms with Gasteiger partial charge in [-0.25, -0.2) is 0 Å². The van der Waals surface area contributed by atoms with E-state index in [1.807, 2.05) is 0 Å². The Kier molecular flexibility index (Phi) is 6.27. The van der Waals surface area contributed by atoms with Crippen LogP contribution in [0.2, 0.25) is 0 Å². The Bertz CT molecular complexity index is 412. The van der Waals surface area contributed by atoms with Crippen LogP contribution in [0.1, 0.15) is 20.3 Å². The smallest absolute Gasteiger partial charge is 0.241 e. The molecule has 2 aliphatic rings. The van der Waals surface area contributed by atoms with E-state index < -0.39 is 0 Å². The minimum absolute atomic E-state index is 0. The number of nitrogens with one attached hydrogen (secondary N) is 2. The lowest BCUT2D eigenvalue weighted by molar-refractivity contribution is -0.127. The first-order valence-corrected chi connectivity index (χ1v) is 7.17. The van der Waals surface area contributed by atoms with Crippen molar-refractivity contribution in [1.82, 2.24) is 15.5 Å². The van der Waals surface area contributed by atoms with Gasteiger partial charge in [0.1, 0.15) is 0 Å². The van der Waals surface area contributed by atoms with E-state index in [0.29, 0.717) is 24.0 Å². The van der Waals surface area contributed by atoms with Gasteiger partial charge >= 0.3 is 0 Å². The minimum atomic E-state index is 0. The van der Waals surface area contributed by atoms with Gasteiger partial charge in [0, 0.05) is 45.1 Å². The molecule has 7 heteroatoms. The lowest BCUT2D eigenvalue weighted by Gasteiger charge is -2.54. The highest BCUT2D eigenvalue weighted by Crippen LogP contribution is 2.51. The Morgan fingerprint density at radius 1 is 1.43 bits per heavy atom. The molecule has 0 aromatic heterocycles. The molecule has 1 saturated heterocycles. The molecule has 1 saturated carbocycles. The Labute approximate surface area is 144 Å². The Balaban J connectivity index is 0.00000220. The van der Waals surface area contributed by atoms with Gasteiger partial charge in [-0.15, -0.1) is 24.0 Å². The van der Waals surface area contributed by atoms with Crippen molar-refractivity contribution in [3.8, 4) is 0 Å². The third-order valence-electron chi connectivity index (χ3n) is 4.52. The summed E-state index contributed by atoms with van der Waals surface area (Å²) >= 11 is 0. The predicted octanol–water partition coefficient (Wildman–Crippen LogP) is 0.671. The SMILES string of the molecule is CN=C(NCC(=O)N(C)C)NC1C2CCOC2C1(C)C.I. The normalized spacial score (nSPS) is 29.8. The number of guanidine groups is 1. The minimum Gasteiger partial charge on any atom is -0.377 e. The monoisotopic (exact) mass is 410 g/mol. The third-order valence-corrected chi connectivity index (χ3v) is 4.52. The fourth-order valence-corrected chi connectivity index (χ4v) is 3.28. The molecule has 21 heavy (non-hydrogen) atoms. The third kappa shape index (κ3) is 3.61. The van der Waals surface area contributed by atoms with E-state index in [4.69, 9.17) is 4.74 Å². The number of nitrogens with zero attached hydrogens (tertiary/aromatic N) is 2. The summed E-state index contributed by atoms with van der Waals surface area (Å²) in [7, 11) is 5.22. The lowest BCUT2D eigenvalue weighted by Crippen LogP contribution is -2.68. The summed E-state index contributed by atoms with van der Waals surface area (Å²) in [6.07, 6.45) is 1.45.